The number of nitrogens with two attached hydrogens (primary N) is 1. The fraction of sp³-hybridized carbons (Fsp3) is 0.455. The van der Waals surface area contributed by atoms with E-state index in [0.29, 0.717) is 17.7 Å². The van der Waals surface area contributed by atoms with Crippen molar-refractivity contribution in [3.05, 3.63) is 34.9 Å². The monoisotopic (exact) mass is 211 g/mol. The van der Waals surface area contributed by atoms with Gasteiger partial charge in [-0.25, -0.2) is 0 Å². The molecule has 0 aliphatic carbocycles. The molecule has 0 fully saturated rings. The SMILES string of the molecule is NCC(CO)c1ccc(CO)c(CO)c1. The molecule has 0 radical (unpaired) electrons. The van der Waals surface area contributed by atoms with E-state index in [0.717, 1.165) is 5.56 Å². The Morgan fingerprint density at radius 3 is 2.20 bits per heavy atom. The first-order valence-electron chi connectivity index (χ1n) is 4.91. The zero-order valence-corrected chi connectivity index (χ0v) is 8.56. The average Bonchev–Trinajstić information content (AvgIpc) is 2.30. The van der Waals surface area contributed by atoms with Crippen LogP contribution in [-0.4, -0.2) is 28.5 Å². The van der Waals surface area contributed by atoms with Crippen LogP contribution < -0.4 is 5.73 Å². The minimum absolute atomic E-state index is 0.0140. The molecule has 1 aromatic rings. The van der Waals surface area contributed by atoms with Gasteiger partial charge in [-0.1, -0.05) is 18.2 Å². The molecule has 84 valence electrons. The molecule has 0 heterocycles. The maximum Gasteiger partial charge on any atom is 0.0685 e. The van der Waals surface area contributed by atoms with Crippen LogP contribution in [0.15, 0.2) is 18.2 Å². The third kappa shape index (κ3) is 2.76. The zero-order valence-electron chi connectivity index (χ0n) is 8.56. The summed E-state index contributed by atoms with van der Waals surface area (Å²) in [5.41, 5.74) is 7.78. The van der Waals surface area contributed by atoms with E-state index in [1.54, 1.807) is 12.1 Å². The van der Waals surface area contributed by atoms with Crippen molar-refractivity contribution in [2.24, 2.45) is 5.73 Å². The molecule has 0 saturated carbocycles. The first-order valence-corrected chi connectivity index (χ1v) is 4.91. The standard InChI is InChI=1S/C11H17NO3/c12-4-11(7-15)8-1-2-9(5-13)10(3-8)6-14/h1-3,11,13-15H,4-7,12H2. The van der Waals surface area contributed by atoms with E-state index in [4.69, 9.17) is 21.1 Å². The van der Waals surface area contributed by atoms with Crippen LogP contribution in [0, 0.1) is 0 Å². The molecule has 0 aliphatic heterocycles. The molecule has 1 aromatic carbocycles. The molecule has 0 spiro atoms. The molecular formula is C11H17NO3. The van der Waals surface area contributed by atoms with Crippen LogP contribution in [0.2, 0.25) is 0 Å². The quantitative estimate of drug-likeness (QED) is 0.539. The maximum absolute atomic E-state index is 9.10. The molecule has 0 saturated heterocycles. The number of hydrogen-bond donors (Lipinski definition) is 4. The minimum Gasteiger partial charge on any atom is -0.396 e. The summed E-state index contributed by atoms with van der Waals surface area (Å²) in [6, 6.07) is 5.34. The second-order valence-electron chi connectivity index (χ2n) is 3.46. The van der Waals surface area contributed by atoms with Crippen LogP contribution in [0.5, 0.6) is 0 Å². The van der Waals surface area contributed by atoms with E-state index >= 15 is 0 Å². The van der Waals surface area contributed by atoms with Gasteiger partial charge in [-0.15, -0.1) is 0 Å². The first-order chi connectivity index (χ1) is 7.26. The lowest BCUT2D eigenvalue weighted by Crippen LogP contribution is -2.16. The Labute approximate surface area is 89.0 Å². The van der Waals surface area contributed by atoms with Gasteiger partial charge < -0.3 is 21.1 Å². The third-order valence-electron chi connectivity index (χ3n) is 2.55. The highest BCUT2D eigenvalue weighted by Gasteiger charge is 2.10. The van der Waals surface area contributed by atoms with Crippen LogP contribution in [-0.2, 0) is 13.2 Å². The van der Waals surface area contributed by atoms with E-state index in [1.807, 2.05) is 6.07 Å². The maximum atomic E-state index is 9.10. The van der Waals surface area contributed by atoms with Crippen LogP contribution in [0.4, 0.5) is 0 Å². The number of benzene rings is 1. The molecule has 5 N–H and O–H groups in total. The largest absolute Gasteiger partial charge is 0.396 e. The summed E-state index contributed by atoms with van der Waals surface area (Å²) in [5, 5.41) is 27.2. The Morgan fingerprint density at radius 2 is 1.73 bits per heavy atom. The first kappa shape index (κ1) is 12.1. The van der Waals surface area contributed by atoms with Crippen LogP contribution in [0.25, 0.3) is 0 Å². The Bertz CT molecular complexity index is 311. The summed E-state index contributed by atoms with van der Waals surface area (Å²) < 4.78 is 0. The second kappa shape index (κ2) is 5.82. The lowest BCUT2D eigenvalue weighted by atomic mass is 9.96. The topological polar surface area (TPSA) is 86.7 Å². The molecule has 15 heavy (non-hydrogen) atoms. The van der Waals surface area contributed by atoms with Gasteiger partial charge in [-0.05, 0) is 16.7 Å². The van der Waals surface area contributed by atoms with Gasteiger partial charge in [0.05, 0.1) is 19.8 Å². The van der Waals surface area contributed by atoms with Gasteiger partial charge in [-0.3, -0.25) is 0 Å². The summed E-state index contributed by atoms with van der Waals surface area (Å²) in [6.07, 6.45) is 0. The number of aliphatic hydroxyl groups excluding tert-OH is 3. The van der Waals surface area contributed by atoms with E-state index in [1.165, 1.54) is 0 Å². The number of hydrogen-bond acceptors (Lipinski definition) is 4. The molecule has 0 bridgehead atoms. The third-order valence-corrected chi connectivity index (χ3v) is 2.55. The highest BCUT2D eigenvalue weighted by atomic mass is 16.3. The summed E-state index contributed by atoms with van der Waals surface area (Å²) in [7, 11) is 0. The van der Waals surface area contributed by atoms with Gasteiger partial charge in [0.15, 0.2) is 0 Å². The van der Waals surface area contributed by atoms with Crippen molar-refractivity contribution in [2.45, 2.75) is 19.1 Å². The van der Waals surface area contributed by atoms with E-state index in [-0.39, 0.29) is 25.7 Å². The fourth-order valence-corrected chi connectivity index (χ4v) is 1.52. The van der Waals surface area contributed by atoms with E-state index in [9.17, 15) is 0 Å². The molecule has 0 amide bonds. The zero-order chi connectivity index (χ0) is 11.3. The lowest BCUT2D eigenvalue weighted by molar-refractivity contribution is 0.257. The predicted molar refractivity (Wildman–Crippen MR) is 57.2 cm³/mol. The van der Waals surface area contributed by atoms with Crippen molar-refractivity contribution >= 4 is 0 Å². The molecular weight excluding hydrogens is 194 g/mol. The normalized spacial score (nSPS) is 12.8. The number of rotatable bonds is 5. The summed E-state index contributed by atoms with van der Waals surface area (Å²) in [6.45, 7) is 0.134. The van der Waals surface area contributed by atoms with Crippen LogP contribution in [0.1, 0.15) is 22.6 Å². The second-order valence-corrected chi connectivity index (χ2v) is 3.46. The van der Waals surface area contributed by atoms with Crippen molar-refractivity contribution < 1.29 is 15.3 Å². The Balaban J connectivity index is 3.01. The molecule has 4 heteroatoms. The van der Waals surface area contributed by atoms with Crippen molar-refractivity contribution in [1.29, 1.82) is 0 Å². The smallest absolute Gasteiger partial charge is 0.0685 e. The van der Waals surface area contributed by atoms with Crippen LogP contribution >= 0.6 is 0 Å². The van der Waals surface area contributed by atoms with E-state index in [2.05, 4.69) is 0 Å². The van der Waals surface area contributed by atoms with Crippen LogP contribution in [0.3, 0.4) is 0 Å². The molecule has 1 rings (SSSR count). The van der Waals surface area contributed by atoms with Gasteiger partial charge in [0.1, 0.15) is 0 Å². The van der Waals surface area contributed by atoms with Gasteiger partial charge in [0, 0.05) is 12.5 Å². The molecule has 0 aromatic heterocycles. The van der Waals surface area contributed by atoms with Gasteiger partial charge >= 0.3 is 0 Å². The summed E-state index contributed by atoms with van der Waals surface area (Å²) in [4.78, 5) is 0. The van der Waals surface area contributed by atoms with Crippen molar-refractivity contribution in [3.63, 3.8) is 0 Å². The minimum atomic E-state index is -0.119. The van der Waals surface area contributed by atoms with Gasteiger partial charge in [-0.2, -0.15) is 0 Å². The molecule has 1 unspecified atom stereocenters. The van der Waals surface area contributed by atoms with Crippen molar-refractivity contribution in [1.82, 2.24) is 0 Å². The summed E-state index contributed by atoms with van der Waals surface area (Å²) in [5.74, 6) is -0.108. The van der Waals surface area contributed by atoms with Crippen molar-refractivity contribution in [3.8, 4) is 0 Å². The highest BCUT2D eigenvalue weighted by molar-refractivity contribution is 5.33. The fourth-order valence-electron chi connectivity index (χ4n) is 1.52. The van der Waals surface area contributed by atoms with Gasteiger partial charge in [0.25, 0.3) is 0 Å². The van der Waals surface area contributed by atoms with Gasteiger partial charge in [0.2, 0.25) is 0 Å². The highest BCUT2D eigenvalue weighted by Crippen LogP contribution is 2.19. The predicted octanol–water partition coefficient (Wildman–Crippen LogP) is -0.294. The number of aliphatic hydroxyl groups is 3. The summed E-state index contributed by atoms with van der Waals surface area (Å²) >= 11 is 0. The molecule has 0 aliphatic rings. The Morgan fingerprint density at radius 1 is 1.07 bits per heavy atom. The lowest BCUT2D eigenvalue weighted by Gasteiger charge is -2.14. The van der Waals surface area contributed by atoms with E-state index < -0.39 is 0 Å². The Kier molecular flexibility index (Phi) is 4.71. The van der Waals surface area contributed by atoms with Crippen molar-refractivity contribution in [2.75, 3.05) is 13.2 Å². The Hall–Kier alpha value is -0.940. The molecule has 4 nitrogen and oxygen atoms in total. The average molecular weight is 211 g/mol. The molecule has 1 atom stereocenters.